The predicted octanol–water partition coefficient (Wildman–Crippen LogP) is 4.41. The van der Waals surface area contributed by atoms with Gasteiger partial charge in [0.25, 0.3) is 11.8 Å². The van der Waals surface area contributed by atoms with Gasteiger partial charge in [-0.3, -0.25) is 19.2 Å². The zero-order chi connectivity index (χ0) is 42.9. The van der Waals surface area contributed by atoms with E-state index < -0.39 is 36.1 Å². The second-order valence-electron chi connectivity index (χ2n) is 17.9. The van der Waals surface area contributed by atoms with E-state index in [-0.39, 0.29) is 36.4 Å². The molecule has 13 heteroatoms. The Bertz CT molecular complexity index is 1970. The number of methoxy groups -OCH3 is 1. The number of aliphatic hydroxyl groups is 2. The number of hydroxylamine groups is 2. The van der Waals surface area contributed by atoms with Crippen LogP contribution in [0.1, 0.15) is 56.5 Å². The minimum atomic E-state index is -0.929. The molecular weight excluding hydrogens is 749 g/mol. The van der Waals surface area contributed by atoms with Crippen molar-refractivity contribution in [1.29, 1.82) is 0 Å². The molecule has 0 radical (unpaired) electrons. The van der Waals surface area contributed by atoms with Crippen molar-refractivity contribution in [3.63, 3.8) is 0 Å². The first kappa shape index (κ1) is 44.0. The minimum absolute atomic E-state index is 0.0123. The van der Waals surface area contributed by atoms with Gasteiger partial charge in [0, 0.05) is 67.7 Å². The molecule has 0 unspecified atom stereocenters. The number of ether oxygens (including phenoxy) is 1. The molecule has 320 valence electrons. The number of hydrogen-bond donors (Lipinski definition) is 4. The standard InChI is InChI=1S/C46H64N6O7/c1-27-36-22-32(46(36,3)4)23-37(27)47-44(56)41-40(28(2)54)39(26-53)59-52(41)24-29-15-14-18-35(42(29)58-10)30-19-31(21-34(20-30)50(7)8)43(55)48-38(25-49(5)6)45(57)51(9)33-16-12-11-13-17-33/h11-21,27-28,32,36-41,53-54H,22-26H2,1-10H3,(H,47,56)(H,48,55)/t27-,28-,32-,36-,37-,38+,39-,40+,41-/m0/s1. The number of nitrogens with one attached hydrogen (secondary N) is 2. The van der Waals surface area contributed by atoms with Crippen LogP contribution in [-0.4, -0.2) is 124 Å². The van der Waals surface area contributed by atoms with Gasteiger partial charge in [-0.1, -0.05) is 57.2 Å². The van der Waals surface area contributed by atoms with Crippen LogP contribution in [0.2, 0.25) is 0 Å². The zero-order valence-electron chi connectivity index (χ0n) is 36.3. The lowest BCUT2D eigenvalue weighted by atomic mass is 9.45. The summed E-state index contributed by atoms with van der Waals surface area (Å²) >= 11 is 0. The van der Waals surface area contributed by atoms with Crippen molar-refractivity contribution in [3.05, 3.63) is 77.9 Å². The molecule has 1 aliphatic heterocycles. The normalized spacial score (nSPS) is 25.7. The summed E-state index contributed by atoms with van der Waals surface area (Å²) in [6, 6.07) is 18.9. The summed E-state index contributed by atoms with van der Waals surface area (Å²) in [6.07, 6.45) is 0.378. The van der Waals surface area contributed by atoms with Gasteiger partial charge < -0.3 is 40.3 Å². The van der Waals surface area contributed by atoms with E-state index in [1.807, 2.05) is 92.6 Å². The number of nitrogens with zero attached hydrogens (tertiary/aromatic N) is 4. The van der Waals surface area contributed by atoms with Gasteiger partial charge in [-0.25, -0.2) is 0 Å². The first-order chi connectivity index (χ1) is 28.0. The molecule has 13 nitrogen and oxygen atoms in total. The summed E-state index contributed by atoms with van der Waals surface area (Å²) in [4.78, 5) is 53.8. The zero-order valence-corrected chi connectivity index (χ0v) is 36.3. The molecule has 0 aromatic heterocycles. The molecule has 59 heavy (non-hydrogen) atoms. The van der Waals surface area contributed by atoms with Gasteiger partial charge in [-0.05, 0) is 92.9 Å². The van der Waals surface area contributed by atoms with Crippen LogP contribution in [0.4, 0.5) is 11.4 Å². The highest BCUT2D eigenvalue weighted by Crippen LogP contribution is 2.61. The van der Waals surface area contributed by atoms with Crippen molar-refractivity contribution >= 4 is 29.1 Å². The van der Waals surface area contributed by atoms with E-state index >= 15 is 0 Å². The average molecular weight is 813 g/mol. The van der Waals surface area contributed by atoms with Crippen LogP contribution in [0, 0.1) is 29.1 Å². The maximum absolute atomic E-state index is 14.3. The first-order valence-corrected chi connectivity index (χ1v) is 20.8. The van der Waals surface area contributed by atoms with E-state index in [1.165, 1.54) is 6.42 Å². The number of aliphatic hydroxyl groups excluding tert-OH is 2. The molecule has 3 aromatic rings. The van der Waals surface area contributed by atoms with E-state index in [4.69, 9.17) is 9.57 Å². The van der Waals surface area contributed by atoms with Crippen molar-refractivity contribution in [2.75, 3.05) is 65.3 Å². The topological polar surface area (TPSA) is 147 Å². The van der Waals surface area contributed by atoms with E-state index in [2.05, 4.69) is 31.4 Å². The van der Waals surface area contributed by atoms with E-state index in [9.17, 15) is 24.6 Å². The highest BCUT2D eigenvalue weighted by atomic mass is 16.7. The van der Waals surface area contributed by atoms with Crippen LogP contribution in [0.15, 0.2) is 66.7 Å². The smallest absolute Gasteiger partial charge is 0.252 e. The number of benzene rings is 3. The Hall–Kier alpha value is -4.53. The third kappa shape index (κ3) is 9.00. The molecule has 3 amide bonds. The van der Waals surface area contributed by atoms with Crippen LogP contribution in [0.5, 0.6) is 5.75 Å². The number of amides is 3. The Labute approximate surface area is 349 Å². The van der Waals surface area contributed by atoms with Crippen molar-refractivity contribution in [3.8, 4) is 16.9 Å². The first-order valence-electron chi connectivity index (χ1n) is 20.8. The number of anilines is 2. The van der Waals surface area contributed by atoms with Crippen molar-refractivity contribution in [1.82, 2.24) is 20.6 Å². The Balaban J connectivity index is 1.29. The summed E-state index contributed by atoms with van der Waals surface area (Å²) in [5.41, 5.74) is 4.23. The predicted molar refractivity (Wildman–Crippen MR) is 230 cm³/mol. The molecule has 3 aliphatic carbocycles. The van der Waals surface area contributed by atoms with Gasteiger partial charge in [0.05, 0.1) is 26.4 Å². The van der Waals surface area contributed by atoms with Crippen LogP contribution < -0.4 is 25.2 Å². The Morgan fingerprint density at radius 1 is 0.983 bits per heavy atom. The molecule has 4 N–H and O–H groups in total. The third-order valence-electron chi connectivity index (χ3n) is 13.3. The number of carbonyl (C=O) groups excluding carboxylic acids is 3. The van der Waals surface area contributed by atoms with Crippen LogP contribution >= 0.6 is 0 Å². The number of hydrogen-bond acceptors (Lipinski definition) is 10. The minimum Gasteiger partial charge on any atom is -0.496 e. The van der Waals surface area contributed by atoms with Crippen molar-refractivity contribution in [2.24, 2.45) is 29.1 Å². The SMILES string of the molecule is COc1c(CN2O[C@@H](CO)[C@@H]([C@H](C)O)[C@H]2C(=O)N[C@H]2C[C@@H]3C[C@@H]([C@@H]2C)C3(C)C)cccc1-c1cc(C(=O)N[C@H](CN(C)C)C(=O)N(C)c2ccccc2)cc(N(C)C)c1. The van der Waals surface area contributed by atoms with Gasteiger partial charge >= 0.3 is 0 Å². The van der Waals surface area contributed by atoms with Crippen molar-refractivity contribution in [2.45, 2.75) is 77.4 Å². The highest BCUT2D eigenvalue weighted by molar-refractivity contribution is 6.03. The van der Waals surface area contributed by atoms with Crippen LogP contribution in [0.25, 0.3) is 11.1 Å². The number of likely N-dealkylation sites (N-methyl/N-ethyl adjacent to an activating group) is 2. The number of fused-ring (bicyclic) bond motifs is 2. The summed E-state index contributed by atoms with van der Waals surface area (Å²) in [5.74, 6) is 0.364. The number of para-hydroxylation sites is 2. The van der Waals surface area contributed by atoms with E-state index in [1.54, 1.807) is 43.2 Å². The molecule has 4 aliphatic rings. The summed E-state index contributed by atoms with van der Waals surface area (Å²) < 4.78 is 6.09. The van der Waals surface area contributed by atoms with E-state index in [0.29, 0.717) is 52.3 Å². The molecule has 9 atom stereocenters. The summed E-state index contributed by atoms with van der Waals surface area (Å²) in [5, 5.41) is 29.3. The van der Waals surface area contributed by atoms with Crippen LogP contribution in [-0.2, 0) is 21.0 Å². The molecule has 3 saturated carbocycles. The number of carbonyl (C=O) groups is 3. The number of rotatable bonds is 15. The molecule has 1 saturated heterocycles. The second-order valence-corrected chi connectivity index (χ2v) is 17.9. The van der Waals surface area contributed by atoms with Crippen LogP contribution in [0.3, 0.4) is 0 Å². The molecule has 4 fully saturated rings. The molecule has 1 heterocycles. The van der Waals surface area contributed by atoms with Gasteiger partial charge in [0.2, 0.25) is 5.91 Å². The fourth-order valence-electron chi connectivity index (χ4n) is 9.79. The van der Waals surface area contributed by atoms with Gasteiger partial charge in [0.15, 0.2) is 0 Å². The fourth-order valence-corrected chi connectivity index (χ4v) is 9.79. The molecule has 7 rings (SSSR count). The van der Waals surface area contributed by atoms with Gasteiger partial charge in [-0.2, -0.15) is 5.06 Å². The second kappa shape index (κ2) is 18.0. The third-order valence-corrected chi connectivity index (χ3v) is 13.3. The Morgan fingerprint density at radius 2 is 1.69 bits per heavy atom. The summed E-state index contributed by atoms with van der Waals surface area (Å²) in [6.45, 7) is 8.56. The van der Waals surface area contributed by atoms with Gasteiger partial charge in [0.1, 0.15) is 23.9 Å². The maximum Gasteiger partial charge on any atom is 0.252 e. The Kier molecular flexibility index (Phi) is 13.4. The quantitative estimate of drug-likeness (QED) is 0.174. The molecular formula is C46H64N6O7. The lowest BCUT2D eigenvalue weighted by Gasteiger charge is -2.62. The van der Waals surface area contributed by atoms with Crippen molar-refractivity contribution < 1.29 is 34.2 Å². The lowest BCUT2D eigenvalue weighted by molar-refractivity contribution is -0.183. The highest BCUT2D eigenvalue weighted by Gasteiger charge is 2.57. The van der Waals surface area contributed by atoms with Gasteiger partial charge in [-0.15, -0.1) is 0 Å². The lowest BCUT2D eigenvalue weighted by Crippen LogP contribution is -2.62. The van der Waals surface area contributed by atoms with E-state index in [0.717, 1.165) is 17.8 Å². The monoisotopic (exact) mass is 812 g/mol. The maximum atomic E-state index is 14.3. The average Bonchev–Trinajstić information content (AvgIpc) is 3.59. The fraction of sp³-hybridized carbons (Fsp3) is 0.543. The largest absolute Gasteiger partial charge is 0.496 e. The molecule has 0 spiro atoms. The summed E-state index contributed by atoms with van der Waals surface area (Å²) in [7, 11) is 10.8. The molecule has 2 bridgehead atoms. The molecule has 3 aromatic carbocycles. The Morgan fingerprint density at radius 3 is 2.29 bits per heavy atom.